The highest BCUT2D eigenvalue weighted by atomic mass is 15.1. The Morgan fingerprint density at radius 2 is 1.65 bits per heavy atom. The predicted octanol–water partition coefficient (Wildman–Crippen LogP) is 3.28. The van der Waals surface area contributed by atoms with Gasteiger partial charge in [-0.2, -0.15) is 0 Å². The molecule has 102 valence electrons. The van der Waals surface area contributed by atoms with Crippen molar-refractivity contribution in [3.63, 3.8) is 0 Å². The van der Waals surface area contributed by atoms with Crippen LogP contribution in [0.2, 0.25) is 0 Å². The lowest BCUT2D eigenvalue weighted by Crippen LogP contribution is -2.43. The summed E-state index contributed by atoms with van der Waals surface area (Å²) in [6.45, 7) is 13.2. The van der Waals surface area contributed by atoms with Gasteiger partial charge in [0.05, 0.1) is 0 Å². The smallest absolute Gasteiger partial charge is 0.00533 e. The summed E-state index contributed by atoms with van der Waals surface area (Å²) in [6.07, 6.45) is 6.77. The highest BCUT2D eigenvalue weighted by Crippen LogP contribution is 2.10. The van der Waals surface area contributed by atoms with Gasteiger partial charge in [0.15, 0.2) is 0 Å². The van der Waals surface area contributed by atoms with Crippen LogP contribution in [0.3, 0.4) is 0 Å². The Morgan fingerprint density at radius 3 is 2.18 bits per heavy atom. The number of unbranched alkanes of at least 4 members (excludes halogenated alkanes) is 1. The molecule has 0 bridgehead atoms. The number of hydrogen-bond donors (Lipinski definition) is 1. The van der Waals surface area contributed by atoms with E-state index < -0.39 is 0 Å². The summed E-state index contributed by atoms with van der Waals surface area (Å²) in [7, 11) is 0. The largest absolute Gasteiger partial charge is 0.312 e. The molecule has 1 heterocycles. The van der Waals surface area contributed by atoms with Crippen molar-refractivity contribution in [3.05, 3.63) is 0 Å². The van der Waals surface area contributed by atoms with Crippen molar-refractivity contribution in [1.29, 1.82) is 0 Å². The van der Waals surface area contributed by atoms with Gasteiger partial charge in [0.1, 0.15) is 0 Å². The van der Waals surface area contributed by atoms with Crippen LogP contribution >= 0.6 is 0 Å². The molecule has 1 aliphatic rings. The topological polar surface area (TPSA) is 15.3 Å². The number of nitrogens with zero attached hydrogens (tertiary/aromatic N) is 1. The van der Waals surface area contributed by atoms with E-state index in [0.717, 1.165) is 5.92 Å². The molecule has 0 aliphatic carbocycles. The van der Waals surface area contributed by atoms with Crippen molar-refractivity contribution >= 4 is 0 Å². The average molecular weight is 240 g/mol. The van der Waals surface area contributed by atoms with Crippen LogP contribution in [0.4, 0.5) is 0 Å². The van der Waals surface area contributed by atoms with Gasteiger partial charge < -0.3 is 10.2 Å². The number of rotatable bonds is 5. The molecule has 1 N–H and O–H groups in total. The van der Waals surface area contributed by atoms with Crippen molar-refractivity contribution in [1.82, 2.24) is 10.2 Å². The van der Waals surface area contributed by atoms with E-state index in [2.05, 4.69) is 37.9 Å². The van der Waals surface area contributed by atoms with E-state index in [4.69, 9.17) is 0 Å². The molecule has 1 aliphatic heterocycles. The average Bonchev–Trinajstić information content (AvgIpc) is 2.24. The molecule has 2 unspecified atom stereocenters. The van der Waals surface area contributed by atoms with E-state index in [1.165, 1.54) is 51.7 Å². The Morgan fingerprint density at radius 1 is 1.06 bits per heavy atom. The molecule has 0 saturated carbocycles. The van der Waals surface area contributed by atoms with Gasteiger partial charge in [-0.3, -0.25) is 0 Å². The summed E-state index contributed by atoms with van der Waals surface area (Å²) in [5.74, 6) is 0.867. The zero-order chi connectivity index (χ0) is 12.7. The minimum Gasteiger partial charge on any atom is -0.312 e. The van der Waals surface area contributed by atoms with E-state index in [1.54, 1.807) is 0 Å². The molecule has 1 saturated heterocycles. The third kappa shape index (κ3) is 7.05. The van der Waals surface area contributed by atoms with Crippen molar-refractivity contribution in [2.75, 3.05) is 19.6 Å². The zero-order valence-corrected chi connectivity index (χ0v) is 12.3. The number of hydrogen-bond acceptors (Lipinski definition) is 2. The predicted molar refractivity (Wildman–Crippen MR) is 76.4 cm³/mol. The van der Waals surface area contributed by atoms with Gasteiger partial charge >= 0.3 is 0 Å². The quantitative estimate of drug-likeness (QED) is 0.742. The summed E-state index contributed by atoms with van der Waals surface area (Å²) >= 11 is 0. The second-order valence-corrected chi connectivity index (χ2v) is 6.28. The van der Waals surface area contributed by atoms with Crippen LogP contribution in [0.5, 0.6) is 0 Å². The molecule has 2 nitrogen and oxygen atoms in total. The lowest BCUT2D eigenvalue weighted by atomic mass is 10.1. The molecule has 2 heteroatoms. The minimum absolute atomic E-state index is 0.684. The molecule has 2 atom stereocenters. The highest BCUT2D eigenvalue weighted by molar-refractivity contribution is 4.75. The van der Waals surface area contributed by atoms with Crippen molar-refractivity contribution in [2.45, 2.75) is 71.9 Å². The van der Waals surface area contributed by atoms with Gasteiger partial charge in [-0.1, -0.05) is 26.7 Å². The summed E-state index contributed by atoms with van der Waals surface area (Å²) in [4.78, 5) is 2.67. The summed E-state index contributed by atoms with van der Waals surface area (Å²) in [6, 6.07) is 1.37. The van der Waals surface area contributed by atoms with E-state index in [1.807, 2.05) is 0 Å². The molecule has 0 aromatic heterocycles. The molecule has 0 spiro atoms. The van der Waals surface area contributed by atoms with E-state index in [9.17, 15) is 0 Å². The normalized spacial score (nSPS) is 28.1. The SMILES string of the molecule is CC(C)CCCCN1CCC(C)NC(C)CC1. The Bertz CT molecular complexity index is 179. The summed E-state index contributed by atoms with van der Waals surface area (Å²) in [5, 5.41) is 3.66. The van der Waals surface area contributed by atoms with E-state index >= 15 is 0 Å². The van der Waals surface area contributed by atoms with Gasteiger partial charge in [0, 0.05) is 12.1 Å². The fourth-order valence-electron chi connectivity index (χ4n) is 2.63. The first-order valence-corrected chi connectivity index (χ1v) is 7.56. The zero-order valence-electron chi connectivity index (χ0n) is 12.3. The van der Waals surface area contributed by atoms with Crippen LogP contribution in [0, 0.1) is 5.92 Å². The molecular weight excluding hydrogens is 208 g/mol. The Balaban J connectivity index is 2.18. The van der Waals surface area contributed by atoms with E-state index in [0.29, 0.717) is 12.1 Å². The van der Waals surface area contributed by atoms with Crippen LogP contribution in [0.1, 0.15) is 59.8 Å². The minimum atomic E-state index is 0.684. The maximum Gasteiger partial charge on any atom is 0.00533 e. The highest BCUT2D eigenvalue weighted by Gasteiger charge is 2.15. The maximum atomic E-state index is 3.66. The standard InChI is InChI=1S/C15H32N2/c1-13(2)7-5-6-10-17-11-8-14(3)16-15(4)9-12-17/h13-16H,5-12H2,1-4H3. The first kappa shape index (κ1) is 15.0. The molecule has 0 aromatic rings. The van der Waals surface area contributed by atoms with Gasteiger partial charge in [-0.05, 0) is 58.7 Å². The fourth-order valence-corrected chi connectivity index (χ4v) is 2.63. The lowest BCUT2D eigenvalue weighted by molar-refractivity contribution is 0.214. The third-order valence-electron chi connectivity index (χ3n) is 3.83. The monoisotopic (exact) mass is 240 g/mol. The van der Waals surface area contributed by atoms with Crippen molar-refractivity contribution in [3.8, 4) is 0 Å². The van der Waals surface area contributed by atoms with Gasteiger partial charge in [-0.15, -0.1) is 0 Å². The third-order valence-corrected chi connectivity index (χ3v) is 3.83. The molecule has 1 fully saturated rings. The summed E-state index contributed by atoms with van der Waals surface area (Å²) in [5.41, 5.74) is 0. The van der Waals surface area contributed by atoms with Crippen LogP contribution in [-0.4, -0.2) is 36.6 Å². The summed E-state index contributed by atoms with van der Waals surface area (Å²) < 4.78 is 0. The van der Waals surface area contributed by atoms with Crippen molar-refractivity contribution in [2.24, 2.45) is 5.92 Å². The first-order chi connectivity index (χ1) is 8.08. The Kier molecular flexibility index (Phi) is 7.14. The lowest BCUT2D eigenvalue weighted by Gasteiger charge is -2.30. The second kappa shape index (κ2) is 8.10. The maximum absolute atomic E-state index is 3.66. The molecule has 0 aromatic carbocycles. The molecule has 0 amide bonds. The van der Waals surface area contributed by atoms with Crippen LogP contribution < -0.4 is 5.32 Å². The first-order valence-electron chi connectivity index (χ1n) is 7.56. The van der Waals surface area contributed by atoms with Crippen LogP contribution in [-0.2, 0) is 0 Å². The van der Waals surface area contributed by atoms with Crippen molar-refractivity contribution < 1.29 is 0 Å². The Hall–Kier alpha value is -0.0800. The van der Waals surface area contributed by atoms with Crippen LogP contribution in [0.25, 0.3) is 0 Å². The van der Waals surface area contributed by atoms with Crippen LogP contribution in [0.15, 0.2) is 0 Å². The number of nitrogens with one attached hydrogen (secondary N) is 1. The van der Waals surface area contributed by atoms with E-state index in [-0.39, 0.29) is 0 Å². The Labute approximate surface area is 108 Å². The van der Waals surface area contributed by atoms with Gasteiger partial charge in [0.25, 0.3) is 0 Å². The molecule has 0 radical (unpaired) electrons. The molecule has 17 heavy (non-hydrogen) atoms. The van der Waals surface area contributed by atoms with Gasteiger partial charge in [0.2, 0.25) is 0 Å². The molecular formula is C15H32N2. The fraction of sp³-hybridized carbons (Fsp3) is 1.00. The molecule has 1 rings (SSSR count). The van der Waals surface area contributed by atoms with Gasteiger partial charge in [-0.25, -0.2) is 0 Å². The second-order valence-electron chi connectivity index (χ2n) is 6.28.